The van der Waals surface area contributed by atoms with Crippen molar-refractivity contribution in [2.75, 3.05) is 7.11 Å². The summed E-state index contributed by atoms with van der Waals surface area (Å²) in [7, 11) is 1.63. The van der Waals surface area contributed by atoms with Gasteiger partial charge in [0.2, 0.25) is 0 Å². The minimum atomic E-state index is -0.382. The molecule has 0 radical (unpaired) electrons. The standard InChI is InChI=1S/C15H16N2O3.ClH/c1-20-15-7-5-12(6-8-15)10-16-11-13-3-2-4-14(9-13)17(18)19;/h2-9,16H,10-11H2,1H3;1H/p-1. The Morgan fingerprint density at radius 2 is 1.76 bits per heavy atom. The minimum Gasteiger partial charge on any atom is -1.00 e. The molecule has 0 aliphatic rings. The zero-order valence-corrected chi connectivity index (χ0v) is 12.3. The molecule has 0 aliphatic carbocycles. The molecule has 0 atom stereocenters. The predicted octanol–water partition coefficient (Wildman–Crippen LogP) is -0.103. The summed E-state index contributed by atoms with van der Waals surface area (Å²) in [5, 5.41) is 13.9. The van der Waals surface area contributed by atoms with E-state index in [0.29, 0.717) is 13.1 Å². The fourth-order valence-corrected chi connectivity index (χ4v) is 1.87. The summed E-state index contributed by atoms with van der Waals surface area (Å²) >= 11 is 0. The second kappa shape index (κ2) is 8.24. The lowest BCUT2D eigenvalue weighted by Gasteiger charge is -2.06. The van der Waals surface area contributed by atoms with Crippen LogP contribution in [0.15, 0.2) is 48.5 Å². The summed E-state index contributed by atoms with van der Waals surface area (Å²) in [4.78, 5) is 10.3. The normalized spacial score (nSPS) is 9.76. The molecule has 0 saturated heterocycles. The van der Waals surface area contributed by atoms with Gasteiger partial charge in [-0.1, -0.05) is 24.3 Å². The molecular weight excluding hydrogens is 292 g/mol. The molecule has 0 aromatic heterocycles. The Bertz CT molecular complexity index is 588. The van der Waals surface area contributed by atoms with Gasteiger partial charge in [0.15, 0.2) is 0 Å². The van der Waals surface area contributed by atoms with E-state index in [1.807, 2.05) is 30.3 Å². The van der Waals surface area contributed by atoms with Gasteiger partial charge in [-0.25, -0.2) is 0 Å². The fourth-order valence-electron chi connectivity index (χ4n) is 1.87. The van der Waals surface area contributed by atoms with Gasteiger partial charge in [0.05, 0.1) is 12.0 Å². The SMILES string of the molecule is COc1ccc(CNCc2cccc([N+](=O)[O-])c2)cc1.[Cl-]. The number of benzene rings is 2. The monoisotopic (exact) mass is 307 g/mol. The van der Waals surface area contributed by atoms with E-state index in [9.17, 15) is 10.1 Å². The Balaban J connectivity index is 0.00000220. The first-order valence-electron chi connectivity index (χ1n) is 6.26. The largest absolute Gasteiger partial charge is 1.00 e. The summed E-state index contributed by atoms with van der Waals surface area (Å²) in [6.07, 6.45) is 0. The van der Waals surface area contributed by atoms with E-state index in [0.717, 1.165) is 16.9 Å². The van der Waals surface area contributed by atoms with Gasteiger partial charge in [-0.15, -0.1) is 0 Å². The van der Waals surface area contributed by atoms with Crippen LogP contribution in [0, 0.1) is 10.1 Å². The first kappa shape index (κ1) is 16.9. The van der Waals surface area contributed by atoms with Gasteiger partial charge in [0, 0.05) is 25.2 Å². The molecule has 5 nitrogen and oxygen atoms in total. The predicted molar refractivity (Wildman–Crippen MR) is 76.6 cm³/mol. The summed E-state index contributed by atoms with van der Waals surface area (Å²) < 4.78 is 5.09. The molecule has 0 fully saturated rings. The molecule has 2 rings (SSSR count). The Kier molecular flexibility index (Phi) is 6.65. The molecule has 112 valence electrons. The summed E-state index contributed by atoms with van der Waals surface area (Å²) in [5.74, 6) is 0.826. The molecule has 2 aromatic rings. The molecule has 0 unspecified atom stereocenters. The van der Waals surface area contributed by atoms with Crippen molar-refractivity contribution in [2.45, 2.75) is 13.1 Å². The van der Waals surface area contributed by atoms with Crippen molar-refractivity contribution in [3.8, 4) is 5.75 Å². The van der Waals surface area contributed by atoms with Crippen molar-refractivity contribution >= 4 is 5.69 Å². The van der Waals surface area contributed by atoms with Gasteiger partial charge < -0.3 is 22.5 Å². The van der Waals surface area contributed by atoms with Crippen molar-refractivity contribution in [2.24, 2.45) is 0 Å². The van der Waals surface area contributed by atoms with E-state index in [4.69, 9.17) is 4.74 Å². The molecule has 0 heterocycles. The number of nitrogens with zero attached hydrogens (tertiary/aromatic N) is 1. The van der Waals surface area contributed by atoms with Crippen LogP contribution in [0.25, 0.3) is 0 Å². The van der Waals surface area contributed by atoms with Crippen LogP contribution >= 0.6 is 0 Å². The highest BCUT2D eigenvalue weighted by Gasteiger charge is 2.05. The summed E-state index contributed by atoms with van der Waals surface area (Å²) in [6, 6.07) is 14.4. The Morgan fingerprint density at radius 1 is 1.10 bits per heavy atom. The zero-order valence-electron chi connectivity index (χ0n) is 11.6. The number of ether oxygens (including phenoxy) is 1. The van der Waals surface area contributed by atoms with Crippen molar-refractivity contribution in [1.82, 2.24) is 5.32 Å². The zero-order chi connectivity index (χ0) is 14.4. The molecule has 0 aliphatic heterocycles. The van der Waals surface area contributed by atoms with Crippen LogP contribution in [0.1, 0.15) is 11.1 Å². The van der Waals surface area contributed by atoms with Gasteiger partial charge in [-0.2, -0.15) is 0 Å². The number of non-ortho nitro benzene ring substituents is 1. The molecule has 0 spiro atoms. The van der Waals surface area contributed by atoms with Crippen molar-refractivity contribution < 1.29 is 22.1 Å². The number of halogens is 1. The highest BCUT2D eigenvalue weighted by Crippen LogP contribution is 2.14. The molecular formula is C15H16ClN2O3-. The maximum absolute atomic E-state index is 10.7. The number of rotatable bonds is 6. The smallest absolute Gasteiger partial charge is 0.269 e. The van der Waals surface area contributed by atoms with Gasteiger partial charge in [0.1, 0.15) is 5.75 Å². The molecule has 0 bridgehead atoms. The number of nitro benzene ring substituents is 1. The lowest BCUT2D eigenvalue weighted by atomic mass is 10.2. The maximum Gasteiger partial charge on any atom is 0.269 e. The van der Waals surface area contributed by atoms with Gasteiger partial charge in [0.25, 0.3) is 5.69 Å². The lowest BCUT2D eigenvalue weighted by molar-refractivity contribution is -0.384. The average Bonchev–Trinajstić information content (AvgIpc) is 2.48. The van der Waals surface area contributed by atoms with E-state index in [2.05, 4.69) is 5.32 Å². The molecule has 0 amide bonds. The van der Waals surface area contributed by atoms with Gasteiger partial charge in [-0.3, -0.25) is 10.1 Å². The molecule has 21 heavy (non-hydrogen) atoms. The topological polar surface area (TPSA) is 64.4 Å². The van der Waals surface area contributed by atoms with Crippen molar-refractivity contribution in [1.29, 1.82) is 0 Å². The number of nitro groups is 1. The third kappa shape index (κ3) is 5.06. The Hall–Kier alpha value is -2.11. The van der Waals surface area contributed by atoms with Crippen molar-refractivity contribution in [3.05, 3.63) is 69.8 Å². The number of hydrogen-bond acceptors (Lipinski definition) is 4. The van der Waals surface area contributed by atoms with Gasteiger partial charge in [-0.05, 0) is 23.3 Å². The fraction of sp³-hybridized carbons (Fsp3) is 0.200. The minimum absolute atomic E-state index is 0. The first-order chi connectivity index (χ1) is 9.69. The maximum atomic E-state index is 10.7. The highest BCUT2D eigenvalue weighted by atomic mass is 35.5. The number of nitrogens with one attached hydrogen (secondary N) is 1. The van der Waals surface area contributed by atoms with E-state index >= 15 is 0 Å². The highest BCUT2D eigenvalue weighted by molar-refractivity contribution is 5.34. The summed E-state index contributed by atoms with van der Waals surface area (Å²) in [5.41, 5.74) is 2.15. The third-order valence-corrected chi connectivity index (χ3v) is 2.94. The number of hydrogen-bond donors (Lipinski definition) is 1. The van der Waals surface area contributed by atoms with E-state index in [1.165, 1.54) is 6.07 Å². The Labute approximate surface area is 129 Å². The molecule has 1 N–H and O–H groups in total. The van der Waals surface area contributed by atoms with Crippen LogP contribution in [-0.4, -0.2) is 12.0 Å². The quantitative estimate of drug-likeness (QED) is 0.598. The number of methoxy groups -OCH3 is 1. The van der Waals surface area contributed by atoms with Crippen LogP contribution in [-0.2, 0) is 13.1 Å². The third-order valence-electron chi connectivity index (χ3n) is 2.94. The summed E-state index contributed by atoms with van der Waals surface area (Å²) in [6.45, 7) is 1.29. The average molecular weight is 308 g/mol. The Morgan fingerprint density at radius 3 is 2.38 bits per heavy atom. The second-order valence-electron chi connectivity index (χ2n) is 4.38. The van der Waals surface area contributed by atoms with Crippen LogP contribution < -0.4 is 22.5 Å². The van der Waals surface area contributed by atoms with Gasteiger partial charge >= 0.3 is 0 Å². The first-order valence-corrected chi connectivity index (χ1v) is 6.26. The second-order valence-corrected chi connectivity index (χ2v) is 4.38. The lowest BCUT2D eigenvalue weighted by Crippen LogP contribution is -3.00. The van der Waals surface area contributed by atoms with Crippen LogP contribution in [0.2, 0.25) is 0 Å². The van der Waals surface area contributed by atoms with E-state index in [1.54, 1.807) is 19.2 Å². The van der Waals surface area contributed by atoms with Crippen LogP contribution in [0.5, 0.6) is 5.75 Å². The van der Waals surface area contributed by atoms with E-state index in [-0.39, 0.29) is 23.0 Å². The van der Waals surface area contributed by atoms with Crippen molar-refractivity contribution in [3.63, 3.8) is 0 Å². The molecule has 2 aromatic carbocycles. The van der Waals surface area contributed by atoms with Crippen LogP contribution in [0.4, 0.5) is 5.69 Å². The van der Waals surface area contributed by atoms with Crippen LogP contribution in [0.3, 0.4) is 0 Å². The molecule has 0 saturated carbocycles. The molecule has 6 heteroatoms. The van der Waals surface area contributed by atoms with E-state index < -0.39 is 0 Å².